The van der Waals surface area contributed by atoms with E-state index < -0.39 is 17.7 Å². The van der Waals surface area contributed by atoms with Crippen molar-refractivity contribution in [3.05, 3.63) is 107 Å². The van der Waals surface area contributed by atoms with E-state index in [0.29, 0.717) is 0 Å². The van der Waals surface area contributed by atoms with E-state index in [1.54, 1.807) is 17.8 Å². The molecular formula is C28H29Cl2HfSi. The quantitative estimate of drug-likeness (QED) is 0.213. The first-order chi connectivity index (χ1) is 14.4. The van der Waals surface area contributed by atoms with Gasteiger partial charge in [0.25, 0.3) is 0 Å². The summed E-state index contributed by atoms with van der Waals surface area (Å²) in [6.45, 7) is 0. The fourth-order valence-corrected chi connectivity index (χ4v) is 28.9. The Kier molecular flexibility index (Phi) is 5.99. The van der Waals surface area contributed by atoms with Crippen molar-refractivity contribution in [1.29, 1.82) is 0 Å². The van der Waals surface area contributed by atoms with Gasteiger partial charge in [0.2, 0.25) is 0 Å². The fourth-order valence-electron chi connectivity index (χ4n) is 6.10. The second-order valence-electron chi connectivity index (χ2n) is 10.5. The van der Waals surface area contributed by atoms with Gasteiger partial charge in [0.15, 0.2) is 0 Å². The van der Waals surface area contributed by atoms with Crippen LogP contribution < -0.4 is 6.64 Å². The topological polar surface area (TPSA) is 0 Å². The average molecular weight is 643 g/mol. The normalized spacial score (nSPS) is 14.1. The zero-order valence-electron chi connectivity index (χ0n) is 18.8. The van der Waals surface area contributed by atoms with Crippen molar-refractivity contribution in [3.8, 4) is 22.3 Å². The van der Waals surface area contributed by atoms with E-state index in [1.165, 1.54) is 40.8 Å². The molecule has 0 spiro atoms. The van der Waals surface area contributed by atoms with Gasteiger partial charge in [0.05, 0.1) is 0 Å². The Labute approximate surface area is 206 Å². The van der Waals surface area contributed by atoms with E-state index >= 15 is 0 Å². The Morgan fingerprint density at radius 2 is 0.906 bits per heavy atom. The van der Waals surface area contributed by atoms with Crippen molar-refractivity contribution in [1.82, 2.24) is 0 Å². The second kappa shape index (κ2) is 8.09. The molecular weight excluding hydrogens is 614 g/mol. The number of hydrogen-bond acceptors (Lipinski definition) is 0. The summed E-state index contributed by atoms with van der Waals surface area (Å²) >= 11 is -3.46. The van der Waals surface area contributed by atoms with E-state index in [4.69, 9.17) is 0 Å². The zero-order chi connectivity index (χ0) is 20.5. The second-order valence-corrected chi connectivity index (χ2v) is 61.3. The van der Waals surface area contributed by atoms with Crippen LogP contribution in [0.25, 0.3) is 22.3 Å². The average Bonchev–Trinajstić information content (AvgIpc) is 3.31. The number of halogens is 2. The molecule has 0 aliphatic heterocycles. The minimum atomic E-state index is -3.46. The molecule has 4 aromatic carbocycles. The first-order valence-electron chi connectivity index (χ1n) is 11.1. The molecule has 4 aromatic rings. The molecule has 0 heterocycles. The van der Waals surface area contributed by atoms with Crippen LogP contribution in [-0.2, 0) is 30.5 Å². The Morgan fingerprint density at radius 1 is 0.531 bits per heavy atom. The maximum absolute atomic E-state index is 3.46. The van der Waals surface area contributed by atoms with Crippen molar-refractivity contribution in [2.45, 2.75) is 22.2 Å². The summed E-state index contributed by atoms with van der Waals surface area (Å²) in [6, 6.07) is 32.4. The number of benzene rings is 4. The molecule has 0 saturated carbocycles. The van der Waals surface area contributed by atoms with Crippen LogP contribution in [0.15, 0.2) is 84.9 Å². The maximum atomic E-state index is 2.71. The standard InChI is InChI=1S/2C13H9.2CH3.2ClH.Hf.H3Si/c2*1-3-7-12-10(5-1)9-11-6-2-4-8-13(11)12;;;;;;/h2*1-5,7-8H,9H2;2*1H3;2*1H;;1H3. The van der Waals surface area contributed by atoms with Gasteiger partial charge >= 0.3 is 183 Å². The third-order valence-electron chi connectivity index (χ3n) is 7.59. The molecule has 163 valence electrons. The molecule has 4 heteroatoms. The van der Waals surface area contributed by atoms with Crippen molar-refractivity contribution in [3.63, 3.8) is 0 Å². The van der Waals surface area contributed by atoms with Gasteiger partial charge in [-0.25, -0.2) is 0 Å². The SMILES string of the molecule is Cl.Cl.[CH3][Hf]([CH3])([SiH3])([c]1cccc2c1Cc1ccccc1-2)[c]1cccc2c1Cc1ccccc1-2. The molecule has 6 rings (SSSR count). The number of rotatable bonds is 2. The van der Waals surface area contributed by atoms with Crippen LogP contribution in [0, 0.1) is 0 Å². The summed E-state index contributed by atoms with van der Waals surface area (Å²) < 4.78 is 8.88. The molecule has 0 unspecified atom stereocenters. The van der Waals surface area contributed by atoms with Gasteiger partial charge in [-0.3, -0.25) is 0 Å². The molecule has 0 atom stereocenters. The number of hydrogen-bond donors (Lipinski definition) is 0. The molecule has 0 bridgehead atoms. The van der Waals surface area contributed by atoms with E-state index in [2.05, 4.69) is 94.3 Å². The molecule has 2 aliphatic carbocycles. The predicted molar refractivity (Wildman–Crippen MR) is 145 cm³/mol. The number of fused-ring (bicyclic) bond motifs is 6. The molecule has 32 heavy (non-hydrogen) atoms. The van der Waals surface area contributed by atoms with Crippen molar-refractivity contribution >= 4 is 38.9 Å². The molecule has 0 radical (unpaired) electrons. The van der Waals surface area contributed by atoms with Crippen LogP contribution in [0.5, 0.6) is 0 Å². The van der Waals surface area contributed by atoms with Gasteiger partial charge < -0.3 is 0 Å². The molecule has 0 fully saturated rings. The Balaban J connectivity index is 0.00000122. The monoisotopic (exact) mass is 643 g/mol. The van der Waals surface area contributed by atoms with Crippen LogP contribution in [0.3, 0.4) is 0 Å². The van der Waals surface area contributed by atoms with Gasteiger partial charge in [0, 0.05) is 0 Å². The minimum absolute atomic E-state index is 0. The zero-order valence-corrected chi connectivity index (χ0v) is 26.0. The summed E-state index contributed by atoms with van der Waals surface area (Å²) in [4.78, 5) is 0. The van der Waals surface area contributed by atoms with E-state index in [1.807, 2.05) is 0 Å². The van der Waals surface area contributed by atoms with E-state index in [0.717, 1.165) is 12.8 Å². The van der Waals surface area contributed by atoms with Crippen LogP contribution in [0.2, 0.25) is 9.36 Å². The van der Waals surface area contributed by atoms with Crippen molar-refractivity contribution < 1.29 is 17.7 Å². The van der Waals surface area contributed by atoms with Gasteiger partial charge in [-0.05, 0) is 0 Å². The van der Waals surface area contributed by atoms with E-state index in [9.17, 15) is 0 Å². The Morgan fingerprint density at radius 3 is 1.34 bits per heavy atom. The van der Waals surface area contributed by atoms with Crippen LogP contribution in [-0.4, -0.2) is 7.43 Å². The van der Waals surface area contributed by atoms with E-state index in [-0.39, 0.29) is 24.8 Å². The molecule has 0 nitrogen and oxygen atoms in total. The summed E-state index contributed by atoms with van der Waals surface area (Å²) in [5.74, 6) is 0. The van der Waals surface area contributed by atoms with Gasteiger partial charge in [0.1, 0.15) is 0 Å². The summed E-state index contributed by atoms with van der Waals surface area (Å²) in [5, 5.41) is 0. The van der Waals surface area contributed by atoms with Gasteiger partial charge in [-0.15, -0.1) is 24.8 Å². The van der Waals surface area contributed by atoms with Gasteiger partial charge in [-0.2, -0.15) is 0 Å². The van der Waals surface area contributed by atoms with Crippen LogP contribution in [0.1, 0.15) is 22.3 Å². The van der Waals surface area contributed by atoms with Crippen LogP contribution in [0.4, 0.5) is 0 Å². The first-order valence-corrected chi connectivity index (χ1v) is 33.6. The Hall–Kier alpha value is -1.45. The van der Waals surface area contributed by atoms with Gasteiger partial charge in [-0.1, -0.05) is 0 Å². The summed E-state index contributed by atoms with van der Waals surface area (Å²) in [6.07, 6.45) is 2.21. The predicted octanol–water partition coefficient (Wildman–Crippen LogP) is 5.69. The third kappa shape index (κ3) is 3.34. The molecule has 0 amide bonds. The first kappa shape index (κ1) is 23.7. The van der Waals surface area contributed by atoms with Crippen molar-refractivity contribution in [2.75, 3.05) is 0 Å². The molecule has 0 saturated heterocycles. The fraction of sp³-hybridized carbons (Fsp3) is 0.143. The Bertz CT molecular complexity index is 1250. The molecule has 0 aromatic heterocycles. The van der Waals surface area contributed by atoms with Crippen LogP contribution >= 0.6 is 24.8 Å². The summed E-state index contributed by atoms with van der Waals surface area (Å²) in [5.41, 5.74) is 12.1. The summed E-state index contributed by atoms with van der Waals surface area (Å²) in [7, 11) is 1.26. The third-order valence-corrected chi connectivity index (χ3v) is 33.3. The molecule has 2 aliphatic rings. The molecule has 0 N–H and O–H groups in total. The van der Waals surface area contributed by atoms with Crippen molar-refractivity contribution in [2.24, 2.45) is 0 Å².